The van der Waals surface area contributed by atoms with E-state index in [1.807, 2.05) is 58.9 Å². The number of pyridine rings is 1. The smallest absolute Gasteiger partial charge is 0.227 e. The molecular formula is C21H21ClN8. The van der Waals surface area contributed by atoms with Crippen LogP contribution in [-0.2, 0) is 7.05 Å². The highest BCUT2D eigenvalue weighted by atomic mass is 35.5. The van der Waals surface area contributed by atoms with Gasteiger partial charge in [-0.25, -0.2) is 4.98 Å². The third-order valence-electron chi connectivity index (χ3n) is 5.34. The minimum absolute atomic E-state index is 0.0485. The molecule has 4 aromatic rings. The Hall–Kier alpha value is -3.23. The number of benzene rings is 1. The van der Waals surface area contributed by atoms with Gasteiger partial charge in [-0.1, -0.05) is 17.7 Å². The summed E-state index contributed by atoms with van der Waals surface area (Å²) in [4.78, 5) is 11.0. The zero-order chi connectivity index (χ0) is 20.5. The summed E-state index contributed by atoms with van der Waals surface area (Å²) in [5.74, 6) is 1.64. The van der Waals surface area contributed by atoms with Crippen molar-refractivity contribution in [3.05, 3.63) is 72.0 Å². The van der Waals surface area contributed by atoms with Crippen LogP contribution >= 0.6 is 11.6 Å². The van der Waals surface area contributed by atoms with E-state index in [2.05, 4.69) is 36.6 Å². The van der Waals surface area contributed by atoms with Crippen LogP contribution in [0.1, 0.15) is 11.7 Å². The fourth-order valence-electron chi connectivity index (χ4n) is 3.82. The number of hydrogen-bond donors (Lipinski definition) is 1. The molecule has 5 rings (SSSR count). The van der Waals surface area contributed by atoms with Gasteiger partial charge in [-0.05, 0) is 30.3 Å². The molecule has 1 aliphatic rings. The highest BCUT2D eigenvalue weighted by molar-refractivity contribution is 6.30. The molecule has 0 amide bonds. The van der Waals surface area contributed by atoms with E-state index < -0.39 is 0 Å². The molecule has 30 heavy (non-hydrogen) atoms. The first-order valence-electron chi connectivity index (χ1n) is 9.77. The molecule has 1 aromatic carbocycles. The Kier molecular flexibility index (Phi) is 4.94. The van der Waals surface area contributed by atoms with Crippen molar-refractivity contribution < 1.29 is 0 Å². The van der Waals surface area contributed by atoms with Crippen molar-refractivity contribution >= 4 is 17.5 Å². The molecule has 0 saturated carbocycles. The SMILES string of the molecule is Cn1c(-c2ccncc2)nnc1N1CCNCC1c1cn(-c2cccc(Cl)c2)cn1. The topological polar surface area (TPSA) is 76.7 Å². The van der Waals surface area contributed by atoms with Crippen molar-refractivity contribution in [1.29, 1.82) is 0 Å². The molecule has 1 fully saturated rings. The Morgan fingerprint density at radius 2 is 2.00 bits per heavy atom. The number of aromatic nitrogens is 6. The summed E-state index contributed by atoms with van der Waals surface area (Å²) in [5.41, 5.74) is 2.94. The van der Waals surface area contributed by atoms with E-state index in [9.17, 15) is 0 Å². The number of rotatable bonds is 4. The highest BCUT2D eigenvalue weighted by Crippen LogP contribution is 2.29. The first-order valence-corrected chi connectivity index (χ1v) is 10.2. The van der Waals surface area contributed by atoms with Gasteiger partial charge < -0.3 is 14.8 Å². The Morgan fingerprint density at radius 1 is 1.13 bits per heavy atom. The lowest BCUT2D eigenvalue weighted by molar-refractivity contribution is 0.471. The second kappa shape index (κ2) is 7.89. The van der Waals surface area contributed by atoms with Crippen LogP contribution in [-0.4, -0.2) is 48.9 Å². The standard InChI is InChI=1S/C21H21ClN8/c1-28-20(15-5-7-23-8-6-15)26-27-21(28)30-10-9-24-12-19(30)18-13-29(14-25-18)17-4-2-3-16(22)11-17/h2-8,11,13-14,19,24H,9-10,12H2,1H3. The van der Waals surface area contributed by atoms with Crippen LogP contribution in [0.4, 0.5) is 5.95 Å². The molecule has 9 heteroatoms. The molecule has 152 valence electrons. The first kappa shape index (κ1) is 18.8. The van der Waals surface area contributed by atoms with Gasteiger partial charge in [0.2, 0.25) is 5.95 Å². The summed E-state index contributed by atoms with van der Waals surface area (Å²) >= 11 is 6.15. The number of anilines is 1. The van der Waals surface area contributed by atoms with Gasteiger partial charge in [-0.2, -0.15) is 0 Å². The molecule has 8 nitrogen and oxygen atoms in total. The third-order valence-corrected chi connectivity index (χ3v) is 5.58. The first-order chi connectivity index (χ1) is 14.7. The average Bonchev–Trinajstić information content (AvgIpc) is 3.42. The maximum absolute atomic E-state index is 6.15. The average molecular weight is 421 g/mol. The summed E-state index contributed by atoms with van der Waals surface area (Å²) in [6, 6.07) is 11.7. The molecule has 0 spiro atoms. The zero-order valence-corrected chi connectivity index (χ0v) is 17.2. The maximum atomic E-state index is 6.15. The zero-order valence-electron chi connectivity index (χ0n) is 16.5. The Labute approximate surface area is 179 Å². The fraction of sp³-hybridized carbons (Fsp3) is 0.238. The fourth-order valence-corrected chi connectivity index (χ4v) is 4.00. The van der Waals surface area contributed by atoms with Gasteiger partial charge in [-0.15, -0.1) is 10.2 Å². The van der Waals surface area contributed by atoms with Gasteiger partial charge in [0.15, 0.2) is 5.82 Å². The predicted octanol–water partition coefficient (Wildman–Crippen LogP) is 2.87. The van der Waals surface area contributed by atoms with Crippen molar-refractivity contribution in [2.24, 2.45) is 7.05 Å². The molecule has 3 aromatic heterocycles. The normalized spacial score (nSPS) is 16.7. The van der Waals surface area contributed by atoms with E-state index in [1.165, 1.54) is 0 Å². The van der Waals surface area contributed by atoms with Crippen LogP contribution < -0.4 is 10.2 Å². The monoisotopic (exact) mass is 420 g/mol. The van der Waals surface area contributed by atoms with E-state index >= 15 is 0 Å². The van der Waals surface area contributed by atoms with Gasteiger partial charge >= 0.3 is 0 Å². The van der Waals surface area contributed by atoms with E-state index in [0.717, 1.165) is 48.4 Å². The molecule has 1 unspecified atom stereocenters. The minimum atomic E-state index is 0.0485. The van der Waals surface area contributed by atoms with Gasteiger partial charge in [0.05, 0.1) is 18.1 Å². The van der Waals surface area contributed by atoms with Gasteiger partial charge in [-0.3, -0.25) is 9.55 Å². The van der Waals surface area contributed by atoms with Crippen molar-refractivity contribution in [3.63, 3.8) is 0 Å². The van der Waals surface area contributed by atoms with Gasteiger partial charge in [0.1, 0.15) is 0 Å². The van der Waals surface area contributed by atoms with Crippen LogP contribution in [0, 0.1) is 0 Å². The summed E-state index contributed by atoms with van der Waals surface area (Å²) in [7, 11) is 1.99. The molecule has 1 N–H and O–H groups in total. The van der Waals surface area contributed by atoms with E-state index in [1.54, 1.807) is 12.4 Å². The quantitative estimate of drug-likeness (QED) is 0.547. The van der Waals surface area contributed by atoms with Crippen LogP contribution in [0.5, 0.6) is 0 Å². The maximum Gasteiger partial charge on any atom is 0.227 e. The summed E-state index contributed by atoms with van der Waals surface area (Å²) in [6.45, 7) is 2.48. The molecule has 4 heterocycles. The molecule has 1 saturated heterocycles. The van der Waals surface area contributed by atoms with Crippen LogP contribution in [0.3, 0.4) is 0 Å². The van der Waals surface area contributed by atoms with Crippen LogP contribution in [0.2, 0.25) is 5.02 Å². The predicted molar refractivity (Wildman–Crippen MR) is 116 cm³/mol. The van der Waals surface area contributed by atoms with Gasteiger partial charge in [0, 0.05) is 61.5 Å². The van der Waals surface area contributed by atoms with Crippen molar-refractivity contribution in [2.75, 3.05) is 24.5 Å². The van der Waals surface area contributed by atoms with E-state index in [4.69, 9.17) is 11.6 Å². The van der Waals surface area contributed by atoms with Crippen LogP contribution in [0.25, 0.3) is 17.1 Å². The van der Waals surface area contributed by atoms with Gasteiger partial charge in [0.25, 0.3) is 0 Å². The van der Waals surface area contributed by atoms with Crippen molar-refractivity contribution in [3.8, 4) is 17.1 Å². The molecule has 0 aliphatic carbocycles. The largest absolute Gasteiger partial charge is 0.330 e. The molecule has 1 atom stereocenters. The van der Waals surface area contributed by atoms with Crippen molar-refractivity contribution in [1.82, 2.24) is 34.6 Å². The molecular weight excluding hydrogens is 400 g/mol. The lowest BCUT2D eigenvalue weighted by Crippen LogP contribution is -2.47. The van der Waals surface area contributed by atoms with E-state index in [0.29, 0.717) is 5.02 Å². The van der Waals surface area contributed by atoms with Crippen LogP contribution in [0.15, 0.2) is 61.3 Å². The summed E-state index contributed by atoms with van der Waals surface area (Å²) < 4.78 is 4.02. The summed E-state index contributed by atoms with van der Waals surface area (Å²) in [5, 5.41) is 13.1. The Bertz CT molecular complexity index is 1150. The highest BCUT2D eigenvalue weighted by Gasteiger charge is 2.29. The number of hydrogen-bond acceptors (Lipinski definition) is 6. The second-order valence-electron chi connectivity index (χ2n) is 7.22. The summed E-state index contributed by atoms with van der Waals surface area (Å²) in [6.07, 6.45) is 7.41. The molecule has 0 bridgehead atoms. The number of imidazole rings is 1. The Balaban J connectivity index is 1.47. The minimum Gasteiger partial charge on any atom is -0.330 e. The Morgan fingerprint density at radius 3 is 2.83 bits per heavy atom. The lowest BCUT2D eigenvalue weighted by Gasteiger charge is -2.35. The number of halogens is 1. The number of piperazine rings is 1. The second-order valence-corrected chi connectivity index (χ2v) is 7.65. The number of nitrogens with one attached hydrogen (secondary N) is 1. The van der Waals surface area contributed by atoms with Crippen molar-refractivity contribution in [2.45, 2.75) is 6.04 Å². The van der Waals surface area contributed by atoms with E-state index in [-0.39, 0.29) is 6.04 Å². The third kappa shape index (κ3) is 3.44. The number of nitrogens with zero attached hydrogens (tertiary/aromatic N) is 7. The molecule has 1 aliphatic heterocycles. The lowest BCUT2D eigenvalue weighted by atomic mass is 10.1. The molecule has 0 radical (unpaired) electrons.